The predicted octanol–water partition coefficient (Wildman–Crippen LogP) is 8.55. The molecular weight excluding hydrogens is 675 g/mol. The maximum atomic E-state index is 10.0. The van der Waals surface area contributed by atoms with Crippen LogP contribution in [0.25, 0.3) is 38.1 Å². The molecule has 0 saturated carbocycles. The van der Waals surface area contributed by atoms with Crippen molar-refractivity contribution in [2.75, 3.05) is 16.3 Å². The average Bonchev–Trinajstić information content (AvgIpc) is 3.58. The van der Waals surface area contributed by atoms with Crippen LogP contribution in [0.5, 0.6) is 0 Å². The predicted molar refractivity (Wildman–Crippen MR) is 162 cm³/mol. The van der Waals surface area contributed by atoms with Crippen molar-refractivity contribution in [1.82, 2.24) is 4.40 Å². The van der Waals surface area contributed by atoms with Gasteiger partial charge in [-0.2, -0.15) is 18.8 Å². The van der Waals surface area contributed by atoms with Crippen LogP contribution >= 0.6 is 0 Å². The number of allylic oxidation sites excluding steroid dienone is 2. The third-order valence-electron chi connectivity index (χ3n) is 7.27. The van der Waals surface area contributed by atoms with Crippen molar-refractivity contribution in [3.05, 3.63) is 103 Å². The molecular formula is C34H31IrN3O2-2. The monoisotopic (exact) mass is 706 g/mol. The van der Waals surface area contributed by atoms with Crippen LogP contribution in [0.1, 0.15) is 33.6 Å². The Hall–Kier alpha value is -3.86. The van der Waals surface area contributed by atoms with E-state index in [2.05, 4.69) is 113 Å². The number of fused-ring (bicyclic) bond motifs is 7. The van der Waals surface area contributed by atoms with Gasteiger partial charge in [-0.15, -0.1) is 17.1 Å². The topological polar surface area (TPSA) is 48.2 Å². The summed E-state index contributed by atoms with van der Waals surface area (Å²) in [6.07, 6.45) is 3.53. The van der Waals surface area contributed by atoms with Gasteiger partial charge in [-0.05, 0) is 50.4 Å². The molecule has 0 unspecified atom stereocenters. The van der Waals surface area contributed by atoms with Gasteiger partial charge in [-0.3, -0.25) is 4.79 Å². The first kappa shape index (κ1) is 27.7. The maximum Gasteiger partial charge on any atom is 0.155 e. The van der Waals surface area contributed by atoms with Gasteiger partial charge in [0.1, 0.15) is 0 Å². The third-order valence-corrected chi connectivity index (χ3v) is 7.27. The Morgan fingerprint density at radius 3 is 2.27 bits per heavy atom. The molecule has 0 bridgehead atoms. The van der Waals surface area contributed by atoms with Crippen molar-refractivity contribution in [3.63, 3.8) is 0 Å². The van der Waals surface area contributed by atoms with Gasteiger partial charge in [0.25, 0.3) is 0 Å². The number of benzene rings is 4. The van der Waals surface area contributed by atoms with Gasteiger partial charge in [0.05, 0.1) is 11.3 Å². The molecule has 5 nitrogen and oxygen atoms in total. The molecule has 6 heteroatoms. The van der Waals surface area contributed by atoms with E-state index in [0.29, 0.717) is 0 Å². The molecule has 6 aromatic rings. The first-order valence-electron chi connectivity index (χ1n) is 13.4. The van der Waals surface area contributed by atoms with Crippen LogP contribution in [0.4, 0.5) is 17.1 Å². The van der Waals surface area contributed by atoms with E-state index in [4.69, 9.17) is 5.11 Å². The quantitative estimate of drug-likeness (QED) is 0.111. The van der Waals surface area contributed by atoms with Crippen LogP contribution in [-0.2, 0) is 24.9 Å². The molecule has 1 aliphatic heterocycles. The minimum absolute atomic E-state index is 0. The van der Waals surface area contributed by atoms with E-state index in [1.807, 2.05) is 0 Å². The van der Waals surface area contributed by atoms with Crippen LogP contribution in [-0.4, -0.2) is 21.8 Å². The summed E-state index contributed by atoms with van der Waals surface area (Å²) in [7, 11) is 0. The molecule has 0 aliphatic carbocycles. The summed E-state index contributed by atoms with van der Waals surface area (Å²) in [5.41, 5.74) is 7.38. The van der Waals surface area contributed by atoms with Crippen molar-refractivity contribution >= 4 is 60.9 Å². The standard InChI is InChI=1S/C29H23N3.C5H8O2.Ir/c1-2-3-17-30-19-31(27-14-7-6-13-26(27)30)20-15-16-22-24-11-8-10-23-21-9-4-5-12-25(21)32(29(23)24)28(22)18-20;1-4(6)3-5(2)7;/h4-14,16,18-19H,2-3,17H2,1H3;3,6H,1-2H3;/q-2;;/b;4-3-;. The molecule has 2 aromatic heterocycles. The molecule has 1 radical (unpaired) electrons. The number of nitrogens with zero attached hydrogens (tertiary/aromatic N) is 3. The number of aliphatic hydroxyl groups excluding tert-OH is 1. The molecule has 0 saturated heterocycles. The minimum Gasteiger partial charge on any atom is -0.512 e. The fourth-order valence-electron chi connectivity index (χ4n) is 5.66. The second kappa shape index (κ2) is 11.3. The fourth-order valence-corrected chi connectivity index (χ4v) is 5.66. The number of unbranched alkanes of at least 4 members (excludes halogenated alkanes) is 1. The number of hydrogen-bond acceptors (Lipinski definition) is 4. The van der Waals surface area contributed by atoms with Gasteiger partial charge in [0.2, 0.25) is 0 Å². The van der Waals surface area contributed by atoms with Crippen molar-refractivity contribution in [3.8, 4) is 0 Å². The Morgan fingerprint density at radius 2 is 1.57 bits per heavy atom. The number of ketones is 1. The largest absolute Gasteiger partial charge is 0.512 e. The van der Waals surface area contributed by atoms with E-state index in [9.17, 15) is 4.79 Å². The SMILES string of the molecule is CC(=O)/C=C(/C)O.CCCCN1[CH-]N(c2[c-]cc3c4cccc5c6ccccc6n(c3c2)c54)c2ccccc21.[Ir]. The van der Waals surface area contributed by atoms with Gasteiger partial charge in [0.15, 0.2) is 5.78 Å². The summed E-state index contributed by atoms with van der Waals surface area (Å²) in [5, 5.41) is 13.6. The van der Waals surface area contributed by atoms with Crippen molar-refractivity contribution < 1.29 is 30.0 Å². The van der Waals surface area contributed by atoms with Crippen molar-refractivity contribution in [2.45, 2.75) is 33.6 Å². The average molecular weight is 706 g/mol. The molecule has 0 fully saturated rings. The molecule has 0 atom stereocenters. The number of aromatic nitrogens is 1. The van der Waals surface area contributed by atoms with E-state index >= 15 is 0 Å². The summed E-state index contributed by atoms with van der Waals surface area (Å²) in [6.45, 7) is 8.36. The molecule has 3 heterocycles. The van der Waals surface area contributed by atoms with Crippen LogP contribution < -0.4 is 9.80 Å². The molecule has 0 amide bonds. The van der Waals surface area contributed by atoms with Gasteiger partial charge >= 0.3 is 0 Å². The number of carbonyl (C=O) groups is 1. The number of para-hydroxylation sites is 4. The second-order valence-electron chi connectivity index (χ2n) is 10.1. The summed E-state index contributed by atoms with van der Waals surface area (Å²) in [4.78, 5) is 14.7. The van der Waals surface area contributed by atoms with Crippen molar-refractivity contribution in [1.29, 1.82) is 0 Å². The van der Waals surface area contributed by atoms with Crippen LogP contribution in [0.3, 0.4) is 0 Å². The number of carbonyl (C=O) groups excluding carboxylic acids is 1. The smallest absolute Gasteiger partial charge is 0.155 e. The number of aliphatic hydroxyl groups is 1. The van der Waals surface area contributed by atoms with E-state index in [1.54, 1.807) is 0 Å². The van der Waals surface area contributed by atoms with Crippen molar-refractivity contribution in [2.24, 2.45) is 0 Å². The molecule has 0 spiro atoms. The third kappa shape index (κ3) is 4.72. The number of rotatable bonds is 5. The normalized spacial score (nSPS) is 13.1. The van der Waals surface area contributed by atoms with E-state index < -0.39 is 0 Å². The summed E-state index contributed by atoms with van der Waals surface area (Å²) in [5.74, 6) is -0.0625. The minimum atomic E-state index is -0.125. The first-order valence-corrected chi connectivity index (χ1v) is 13.4. The molecule has 1 N–H and O–H groups in total. The van der Waals surface area contributed by atoms with Crippen LogP contribution in [0.15, 0.2) is 90.7 Å². The first-order chi connectivity index (χ1) is 19.0. The van der Waals surface area contributed by atoms with Gasteiger partial charge in [0, 0.05) is 53.8 Å². The fraction of sp³-hybridized carbons (Fsp3) is 0.176. The maximum absolute atomic E-state index is 10.0. The van der Waals surface area contributed by atoms with Gasteiger partial charge < -0.3 is 19.3 Å². The Balaban J connectivity index is 0.000000362. The Morgan fingerprint density at radius 1 is 0.900 bits per heavy atom. The molecule has 7 rings (SSSR count). The van der Waals surface area contributed by atoms with Gasteiger partial charge in [-0.1, -0.05) is 67.4 Å². The summed E-state index contributed by atoms with van der Waals surface area (Å²) in [6, 6.07) is 32.1. The Bertz CT molecular complexity index is 1850. The molecule has 4 aromatic carbocycles. The zero-order valence-corrected chi connectivity index (χ0v) is 25.2. The Kier molecular flexibility index (Phi) is 7.84. The number of anilines is 3. The van der Waals surface area contributed by atoms with Crippen LogP contribution in [0, 0.1) is 12.7 Å². The zero-order chi connectivity index (χ0) is 27.1. The molecule has 205 valence electrons. The van der Waals surface area contributed by atoms with E-state index in [-0.39, 0.29) is 31.6 Å². The molecule has 1 aliphatic rings. The number of hydrogen-bond donors (Lipinski definition) is 1. The summed E-state index contributed by atoms with van der Waals surface area (Å²) >= 11 is 0. The van der Waals surface area contributed by atoms with Gasteiger partial charge in [-0.25, -0.2) is 0 Å². The summed E-state index contributed by atoms with van der Waals surface area (Å²) < 4.78 is 2.43. The Labute approximate surface area is 248 Å². The van der Waals surface area contributed by atoms with E-state index in [0.717, 1.165) is 12.2 Å². The zero-order valence-electron chi connectivity index (χ0n) is 22.8. The molecule has 40 heavy (non-hydrogen) atoms. The second-order valence-corrected chi connectivity index (χ2v) is 10.1. The van der Waals surface area contributed by atoms with E-state index in [1.165, 1.54) is 82.2 Å². The van der Waals surface area contributed by atoms with Crippen LogP contribution in [0.2, 0.25) is 0 Å².